The molecule has 0 aromatic heterocycles. The van der Waals surface area contributed by atoms with E-state index in [0.29, 0.717) is 31.5 Å². The predicted molar refractivity (Wildman–Crippen MR) is 242 cm³/mol. The lowest BCUT2D eigenvalue weighted by Crippen LogP contribution is -2.59. The number of carbonyl (C=O) groups excluding carboxylic acids is 5. The van der Waals surface area contributed by atoms with Gasteiger partial charge in [0.2, 0.25) is 29.5 Å². The first-order chi connectivity index (χ1) is 29.2. The third-order valence-corrected chi connectivity index (χ3v) is 12.4. The lowest BCUT2D eigenvalue weighted by atomic mass is 9.89. The minimum atomic E-state index is -0.949. The van der Waals surface area contributed by atoms with Gasteiger partial charge in [-0.05, 0) is 80.1 Å². The molecule has 2 aromatic rings. The van der Waals surface area contributed by atoms with Crippen LogP contribution in [0, 0.1) is 23.7 Å². The Morgan fingerprint density at radius 3 is 1.98 bits per heavy atom. The summed E-state index contributed by atoms with van der Waals surface area (Å²) in [5, 5.41) is 18.7. The lowest BCUT2D eigenvalue weighted by molar-refractivity contribution is -0.148. The normalized spacial score (nSPS) is 18.0. The number of hydrogen-bond acceptors (Lipinski definition) is 10. The van der Waals surface area contributed by atoms with Gasteiger partial charge in [-0.2, -0.15) is 0 Å². The van der Waals surface area contributed by atoms with Crippen LogP contribution in [0.15, 0.2) is 48.5 Å². The molecule has 2 aromatic carbocycles. The molecule has 0 spiro atoms. The van der Waals surface area contributed by atoms with Crippen LogP contribution in [0.5, 0.6) is 5.75 Å². The van der Waals surface area contributed by atoms with Gasteiger partial charge in [0.05, 0.1) is 42.7 Å². The summed E-state index contributed by atoms with van der Waals surface area (Å²) in [5.74, 6) is -2.36. The van der Waals surface area contributed by atoms with Crippen molar-refractivity contribution in [2.75, 3.05) is 47.6 Å². The molecule has 6 N–H and O–H groups in total. The summed E-state index contributed by atoms with van der Waals surface area (Å²) >= 11 is 0. The van der Waals surface area contributed by atoms with E-state index in [4.69, 9.17) is 15.2 Å². The fourth-order valence-electron chi connectivity index (χ4n) is 8.74. The fraction of sp³-hybridized carbons (Fsp3) is 0.638. The number of likely N-dealkylation sites (tertiary alicyclic amines) is 1. The second-order valence-corrected chi connectivity index (χ2v) is 17.9. The topological polar surface area (TPSA) is 196 Å². The standard InChI is InChI=1S/C47H75N7O8/c1-13-30(6)42(53(10)47(60)40(28(2)3)51-46(59)41(29(4)5)52(8)9)38(61-11)26-39(56)54-24-14-15-37(54)43(62-12)31(7)44(57)50-36(25-32-18-22-35(55)23-19-32)45(58)49-27-33-16-20-34(48)21-17-33/h16-23,28-31,36-38,40-43,55H,13-15,24-27,48H2,1-12H3,(H,49,58)(H,50,57)(H,51,59)/t30-,31+,36?,37-,38+,40-,41-,42-,43+/m0/s1. The molecule has 9 atom stereocenters. The zero-order chi connectivity index (χ0) is 46.4. The van der Waals surface area contributed by atoms with Gasteiger partial charge in [0.15, 0.2) is 0 Å². The summed E-state index contributed by atoms with van der Waals surface area (Å²) in [7, 11) is 8.48. The number of benzene rings is 2. The van der Waals surface area contributed by atoms with Crippen LogP contribution in [-0.2, 0) is 46.4 Å². The Morgan fingerprint density at radius 1 is 0.839 bits per heavy atom. The highest BCUT2D eigenvalue weighted by Gasteiger charge is 2.43. The molecule has 3 rings (SSSR count). The summed E-state index contributed by atoms with van der Waals surface area (Å²) in [6.07, 6.45) is 0.797. The summed E-state index contributed by atoms with van der Waals surface area (Å²) in [4.78, 5) is 75.2. The van der Waals surface area contributed by atoms with Crippen LogP contribution < -0.4 is 21.7 Å². The van der Waals surface area contributed by atoms with Crippen LogP contribution in [0.3, 0.4) is 0 Å². The van der Waals surface area contributed by atoms with Crippen molar-refractivity contribution in [2.24, 2.45) is 23.7 Å². The van der Waals surface area contributed by atoms with Crippen LogP contribution >= 0.6 is 0 Å². The Kier molecular flexibility index (Phi) is 20.2. The van der Waals surface area contributed by atoms with Crippen molar-refractivity contribution in [2.45, 2.75) is 130 Å². The Labute approximate surface area is 369 Å². The number of ether oxygens (including phenoxy) is 2. The van der Waals surface area contributed by atoms with Crippen molar-refractivity contribution >= 4 is 35.2 Å². The van der Waals surface area contributed by atoms with Crippen LogP contribution in [0.2, 0.25) is 0 Å². The van der Waals surface area contributed by atoms with E-state index >= 15 is 0 Å². The maximum Gasteiger partial charge on any atom is 0.245 e. The number of phenols is 1. The fourth-order valence-corrected chi connectivity index (χ4v) is 8.74. The Bertz CT molecular complexity index is 1750. The van der Waals surface area contributed by atoms with Gasteiger partial charge in [0.25, 0.3) is 0 Å². The monoisotopic (exact) mass is 866 g/mol. The lowest BCUT2D eigenvalue weighted by Gasteiger charge is -2.41. The molecule has 0 bridgehead atoms. The van der Waals surface area contributed by atoms with E-state index in [9.17, 15) is 29.1 Å². The molecule has 1 unspecified atom stereocenters. The number of phenolic OH excluding ortho intramolecular Hbond substituents is 1. The number of anilines is 1. The number of nitrogens with zero attached hydrogens (tertiary/aromatic N) is 3. The van der Waals surface area contributed by atoms with E-state index in [1.54, 1.807) is 55.1 Å². The molecule has 346 valence electrons. The zero-order valence-corrected chi connectivity index (χ0v) is 39.1. The number of nitrogens with one attached hydrogen (secondary N) is 3. The first-order valence-corrected chi connectivity index (χ1v) is 22.0. The van der Waals surface area contributed by atoms with Crippen molar-refractivity contribution in [3.63, 3.8) is 0 Å². The highest BCUT2D eigenvalue weighted by Crippen LogP contribution is 2.30. The molecule has 0 aliphatic carbocycles. The van der Waals surface area contributed by atoms with E-state index in [0.717, 1.165) is 11.1 Å². The number of carbonyl (C=O) groups is 5. The van der Waals surface area contributed by atoms with Crippen molar-refractivity contribution < 1.29 is 38.6 Å². The molecule has 1 aliphatic rings. The predicted octanol–water partition coefficient (Wildman–Crippen LogP) is 3.97. The largest absolute Gasteiger partial charge is 0.508 e. The van der Waals surface area contributed by atoms with E-state index < -0.39 is 54.2 Å². The van der Waals surface area contributed by atoms with Crippen molar-refractivity contribution in [3.05, 3.63) is 59.7 Å². The molecule has 1 fully saturated rings. The number of rotatable bonds is 23. The van der Waals surface area contributed by atoms with Crippen molar-refractivity contribution in [1.82, 2.24) is 30.7 Å². The molecule has 15 heteroatoms. The average Bonchev–Trinajstić information content (AvgIpc) is 3.71. The molecular formula is C47H75N7O8. The highest BCUT2D eigenvalue weighted by molar-refractivity contribution is 5.91. The van der Waals surface area contributed by atoms with Crippen LogP contribution in [0.25, 0.3) is 0 Å². The molecule has 0 saturated carbocycles. The summed E-state index contributed by atoms with van der Waals surface area (Å²) < 4.78 is 12.1. The Hall–Kier alpha value is -4.73. The molecule has 1 aliphatic heterocycles. The van der Waals surface area contributed by atoms with E-state index in [1.807, 2.05) is 72.7 Å². The quantitative estimate of drug-likeness (QED) is 0.102. The van der Waals surface area contributed by atoms with E-state index in [2.05, 4.69) is 16.0 Å². The van der Waals surface area contributed by atoms with E-state index in [1.165, 1.54) is 19.2 Å². The number of nitrogens with two attached hydrogens (primary N) is 1. The van der Waals surface area contributed by atoms with Gasteiger partial charge < -0.3 is 46.1 Å². The first-order valence-electron chi connectivity index (χ1n) is 22.0. The number of hydrogen-bond donors (Lipinski definition) is 5. The van der Waals surface area contributed by atoms with Gasteiger partial charge in [-0.15, -0.1) is 0 Å². The van der Waals surface area contributed by atoms with Crippen molar-refractivity contribution in [1.29, 1.82) is 0 Å². The molecule has 1 saturated heterocycles. The number of nitrogen functional groups attached to an aromatic ring is 1. The Balaban J connectivity index is 1.80. The molecular weight excluding hydrogens is 791 g/mol. The van der Waals surface area contributed by atoms with Gasteiger partial charge in [-0.1, -0.05) is 79.2 Å². The minimum Gasteiger partial charge on any atom is -0.508 e. The molecule has 5 amide bonds. The second-order valence-electron chi connectivity index (χ2n) is 17.9. The number of aromatic hydroxyl groups is 1. The minimum absolute atomic E-state index is 0.0196. The van der Waals surface area contributed by atoms with Gasteiger partial charge in [-0.25, -0.2) is 0 Å². The number of methoxy groups -OCH3 is 2. The molecule has 15 nitrogen and oxygen atoms in total. The summed E-state index contributed by atoms with van der Waals surface area (Å²) in [6.45, 7) is 14.2. The Morgan fingerprint density at radius 2 is 1.45 bits per heavy atom. The molecule has 0 radical (unpaired) electrons. The van der Waals surface area contributed by atoms with Gasteiger partial charge >= 0.3 is 0 Å². The smallest absolute Gasteiger partial charge is 0.245 e. The van der Waals surface area contributed by atoms with Crippen LogP contribution in [0.1, 0.15) is 85.3 Å². The third kappa shape index (κ3) is 13.9. The summed E-state index contributed by atoms with van der Waals surface area (Å²) in [6, 6.07) is 10.5. The van der Waals surface area contributed by atoms with Gasteiger partial charge in [0.1, 0.15) is 17.8 Å². The SMILES string of the molecule is CC[C@H](C)[C@@H]([C@@H](CC(=O)N1CCC[C@H]1[C@H](OC)[C@@H](C)C(=O)NC(Cc1ccc(O)cc1)C(=O)NCc1ccc(N)cc1)OC)N(C)C(=O)[C@@H](NC(=O)[C@H](C(C)C)N(C)C)C(C)C. The molecule has 62 heavy (non-hydrogen) atoms. The maximum absolute atomic E-state index is 14.4. The third-order valence-electron chi connectivity index (χ3n) is 12.4. The first kappa shape index (κ1) is 51.6. The van der Waals surface area contributed by atoms with Crippen LogP contribution in [-0.4, -0.2) is 134 Å². The van der Waals surface area contributed by atoms with Crippen molar-refractivity contribution in [3.8, 4) is 5.75 Å². The van der Waals surface area contributed by atoms with Crippen LogP contribution in [0.4, 0.5) is 5.69 Å². The zero-order valence-electron chi connectivity index (χ0n) is 39.1. The van der Waals surface area contributed by atoms with Gasteiger partial charge in [0, 0.05) is 46.5 Å². The highest BCUT2D eigenvalue weighted by atomic mass is 16.5. The maximum atomic E-state index is 14.4. The van der Waals surface area contributed by atoms with E-state index in [-0.39, 0.29) is 66.5 Å². The molecule has 1 heterocycles. The number of amides is 5. The second kappa shape index (κ2) is 24.2. The average molecular weight is 866 g/mol. The number of likely N-dealkylation sites (N-methyl/N-ethyl adjacent to an activating group) is 2. The summed E-state index contributed by atoms with van der Waals surface area (Å²) in [5.41, 5.74) is 8.01. The van der Waals surface area contributed by atoms with Gasteiger partial charge in [-0.3, -0.25) is 28.9 Å².